The Morgan fingerprint density at radius 1 is 1.09 bits per heavy atom. The fraction of sp³-hybridized carbons (Fsp3) is 0.160. The van der Waals surface area contributed by atoms with E-state index in [0.29, 0.717) is 28.5 Å². The van der Waals surface area contributed by atoms with Crippen LogP contribution in [0.4, 0.5) is 0 Å². The average Bonchev–Trinajstić information content (AvgIpc) is 3.05. The monoisotopic (exact) mass is 448 g/mol. The molecule has 1 aromatic heterocycles. The summed E-state index contributed by atoms with van der Waals surface area (Å²) in [5.41, 5.74) is 1.90. The van der Waals surface area contributed by atoms with Gasteiger partial charge in [0.2, 0.25) is 0 Å². The highest BCUT2D eigenvalue weighted by molar-refractivity contribution is 6.46. The number of ether oxygens (including phenoxy) is 1. The van der Waals surface area contributed by atoms with Crippen LogP contribution >= 0.6 is 11.6 Å². The van der Waals surface area contributed by atoms with Crippen LogP contribution in [0.3, 0.4) is 0 Å². The summed E-state index contributed by atoms with van der Waals surface area (Å²) < 4.78 is 5.44. The lowest BCUT2D eigenvalue weighted by molar-refractivity contribution is -0.140. The van der Waals surface area contributed by atoms with Crippen molar-refractivity contribution < 1.29 is 19.4 Å². The van der Waals surface area contributed by atoms with E-state index in [0.717, 1.165) is 5.56 Å². The smallest absolute Gasteiger partial charge is 0.295 e. The number of aliphatic hydroxyl groups excluding tert-OH is 1. The molecule has 1 N–H and O–H groups in total. The first kappa shape index (κ1) is 21.6. The second kappa shape index (κ2) is 9.24. The summed E-state index contributed by atoms with van der Waals surface area (Å²) in [6.45, 7) is 2.57. The van der Waals surface area contributed by atoms with Gasteiger partial charge in [0, 0.05) is 29.5 Å². The molecule has 6 nitrogen and oxygen atoms in total. The summed E-state index contributed by atoms with van der Waals surface area (Å²) in [5, 5.41) is 11.6. The Morgan fingerprint density at radius 2 is 1.81 bits per heavy atom. The van der Waals surface area contributed by atoms with E-state index in [-0.39, 0.29) is 17.9 Å². The van der Waals surface area contributed by atoms with E-state index in [1.807, 2.05) is 13.0 Å². The molecular weight excluding hydrogens is 428 g/mol. The maximum absolute atomic E-state index is 13.1. The largest absolute Gasteiger partial charge is 0.507 e. The summed E-state index contributed by atoms with van der Waals surface area (Å²) in [6.07, 6.45) is 3.28. The van der Waals surface area contributed by atoms with Crippen LogP contribution in [-0.4, -0.2) is 33.3 Å². The molecule has 2 heterocycles. The topological polar surface area (TPSA) is 79.7 Å². The second-order valence-corrected chi connectivity index (χ2v) is 7.73. The number of Topliss-reactive ketones (excluding diaryl/α,β-unsaturated/α-hetero) is 1. The molecule has 162 valence electrons. The van der Waals surface area contributed by atoms with Gasteiger partial charge in [-0.1, -0.05) is 29.8 Å². The number of carbonyl (C=O) groups excluding carboxylic acids is 2. The third-order valence-corrected chi connectivity index (χ3v) is 5.49. The molecule has 32 heavy (non-hydrogen) atoms. The lowest BCUT2D eigenvalue weighted by Crippen LogP contribution is -2.29. The van der Waals surface area contributed by atoms with Crippen LogP contribution in [0, 0.1) is 0 Å². The number of rotatable bonds is 6. The van der Waals surface area contributed by atoms with Crippen LogP contribution in [-0.2, 0) is 16.1 Å². The van der Waals surface area contributed by atoms with Gasteiger partial charge in [-0.05, 0) is 60.5 Å². The molecule has 3 aromatic rings. The van der Waals surface area contributed by atoms with Gasteiger partial charge in [0.1, 0.15) is 11.5 Å². The van der Waals surface area contributed by atoms with Crippen molar-refractivity contribution >= 4 is 29.1 Å². The van der Waals surface area contributed by atoms with Crippen LogP contribution in [0.5, 0.6) is 5.75 Å². The Labute approximate surface area is 190 Å². The first-order valence-electron chi connectivity index (χ1n) is 10.2. The highest BCUT2D eigenvalue weighted by atomic mass is 35.5. The predicted octanol–water partition coefficient (Wildman–Crippen LogP) is 4.76. The number of aliphatic hydroxyl groups is 1. The Morgan fingerprint density at radius 3 is 2.44 bits per heavy atom. The Balaban J connectivity index is 1.81. The molecule has 1 fully saturated rings. The summed E-state index contributed by atoms with van der Waals surface area (Å²) in [7, 11) is 0. The van der Waals surface area contributed by atoms with Crippen LogP contribution < -0.4 is 4.74 Å². The van der Waals surface area contributed by atoms with E-state index in [1.165, 1.54) is 4.90 Å². The Bertz CT molecular complexity index is 1160. The molecule has 1 atom stereocenters. The van der Waals surface area contributed by atoms with Gasteiger partial charge in [-0.3, -0.25) is 14.6 Å². The minimum atomic E-state index is -0.765. The number of amides is 1. The fourth-order valence-corrected chi connectivity index (χ4v) is 3.88. The van der Waals surface area contributed by atoms with Crippen LogP contribution in [0.1, 0.15) is 29.7 Å². The number of carbonyl (C=O) groups is 2. The maximum Gasteiger partial charge on any atom is 0.295 e. The zero-order valence-electron chi connectivity index (χ0n) is 17.4. The van der Waals surface area contributed by atoms with Gasteiger partial charge in [0.05, 0.1) is 18.2 Å². The molecule has 1 saturated heterocycles. The van der Waals surface area contributed by atoms with Crippen molar-refractivity contribution in [1.29, 1.82) is 0 Å². The Kier molecular flexibility index (Phi) is 6.23. The molecule has 7 heteroatoms. The fourth-order valence-electron chi connectivity index (χ4n) is 3.75. The number of pyridine rings is 1. The van der Waals surface area contributed by atoms with E-state index in [2.05, 4.69) is 4.98 Å². The normalized spacial score (nSPS) is 17.6. The number of aromatic nitrogens is 1. The second-order valence-electron chi connectivity index (χ2n) is 7.30. The molecule has 2 aromatic carbocycles. The minimum absolute atomic E-state index is 0.0328. The molecule has 0 saturated carbocycles. The van der Waals surface area contributed by atoms with Crippen molar-refractivity contribution in [3.05, 3.63) is 100 Å². The first-order chi connectivity index (χ1) is 15.5. The lowest BCUT2D eigenvalue weighted by Gasteiger charge is -2.25. The van der Waals surface area contributed by atoms with Crippen molar-refractivity contribution in [3.63, 3.8) is 0 Å². The van der Waals surface area contributed by atoms with Gasteiger partial charge in [-0.15, -0.1) is 0 Å². The van der Waals surface area contributed by atoms with Gasteiger partial charge in [-0.2, -0.15) is 0 Å². The van der Waals surface area contributed by atoms with Gasteiger partial charge >= 0.3 is 0 Å². The molecule has 1 aliphatic rings. The van der Waals surface area contributed by atoms with Crippen LogP contribution in [0.15, 0.2) is 78.6 Å². The molecule has 0 spiro atoms. The number of benzene rings is 2. The van der Waals surface area contributed by atoms with E-state index in [9.17, 15) is 14.7 Å². The lowest BCUT2D eigenvalue weighted by atomic mass is 9.95. The summed E-state index contributed by atoms with van der Waals surface area (Å²) in [4.78, 5) is 31.6. The summed E-state index contributed by atoms with van der Waals surface area (Å²) in [6, 6.07) is 16.5. The van der Waals surface area contributed by atoms with E-state index in [4.69, 9.17) is 16.3 Å². The molecular formula is C25H21ClN2O4. The number of hydrogen-bond acceptors (Lipinski definition) is 5. The molecule has 0 unspecified atom stereocenters. The van der Waals surface area contributed by atoms with Gasteiger partial charge in [-0.25, -0.2) is 0 Å². The number of nitrogens with zero attached hydrogens (tertiary/aromatic N) is 2. The van der Waals surface area contributed by atoms with Gasteiger partial charge in [0.15, 0.2) is 0 Å². The van der Waals surface area contributed by atoms with Gasteiger partial charge in [0.25, 0.3) is 11.7 Å². The van der Waals surface area contributed by atoms with E-state index >= 15 is 0 Å². The highest BCUT2D eigenvalue weighted by Gasteiger charge is 2.46. The standard InChI is InChI=1S/C25H21ClN2O4/c1-2-32-20-11-7-18(8-12-20)23(29)21-22(17-5-9-19(26)10-6-17)28(25(31)24(21)30)15-16-4-3-13-27-14-16/h3-14,22,29H,2,15H2,1H3/b23-21+/t22-/m1/s1. The molecule has 0 bridgehead atoms. The average molecular weight is 449 g/mol. The first-order valence-corrected chi connectivity index (χ1v) is 10.5. The summed E-state index contributed by atoms with van der Waals surface area (Å²) in [5.74, 6) is -1.00. The van der Waals surface area contributed by atoms with Crippen molar-refractivity contribution in [2.45, 2.75) is 19.5 Å². The minimum Gasteiger partial charge on any atom is -0.507 e. The zero-order chi connectivity index (χ0) is 22.7. The maximum atomic E-state index is 13.1. The van der Waals surface area contributed by atoms with E-state index in [1.54, 1.807) is 67.0 Å². The number of likely N-dealkylation sites (tertiary alicyclic amines) is 1. The molecule has 1 amide bonds. The molecule has 0 radical (unpaired) electrons. The highest BCUT2D eigenvalue weighted by Crippen LogP contribution is 2.40. The molecule has 4 rings (SSSR count). The number of hydrogen-bond donors (Lipinski definition) is 1. The van der Waals surface area contributed by atoms with Crippen molar-refractivity contribution in [1.82, 2.24) is 9.88 Å². The van der Waals surface area contributed by atoms with Gasteiger partial charge < -0.3 is 14.7 Å². The SMILES string of the molecule is CCOc1ccc(/C(O)=C2\C(=O)C(=O)N(Cc3cccnc3)[C@@H]2c2ccc(Cl)cc2)cc1. The molecule has 0 aliphatic carbocycles. The van der Waals surface area contributed by atoms with Crippen LogP contribution in [0.2, 0.25) is 5.02 Å². The predicted molar refractivity (Wildman–Crippen MR) is 121 cm³/mol. The third-order valence-electron chi connectivity index (χ3n) is 5.24. The van der Waals surface area contributed by atoms with Crippen LogP contribution in [0.25, 0.3) is 5.76 Å². The summed E-state index contributed by atoms with van der Waals surface area (Å²) >= 11 is 6.05. The Hall–Kier alpha value is -3.64. The third kappa shape index (κ3) is 4.22. The molecule has 1 aliphatic heterocycles. The van der Waals surface area contributed by atoms with Crippen molar-refractivity contribution in [3.8, 4) is 5.75 Å². The number of halogens is 1. The number of ketones is 1. The quantitative estimate of drug-likeness (QED) is 0.334. The van der Waals surface area contributed by atoms with E-state index < -0.39 is 17.7 Å². The van der Waals surface area contributed by atoms with Crippen molar-refractivity contribution in [2.24, 2.45) is 0 Å². The van der Waals surface area contributed by atoms with Crippen molar-refractivity contribution in [2.75, 3.05) is 6.61 Å². The zero-order valence-corrected chi connectivity index (χ0v) is 18.1.